The fourth-order valence-corrected chi connectivity index (χ4v) is 3.02. The van der Waals surface area contributed by atoms with Gasteiger partial charge >= 0.3 is 13.6 Å². The van der Waals surface area contributed by atoms with Gasteiger partial charge in [0.15, 0.2) is 0 Å². The SMILES string of the molecule is C#CCSC(=O)N(CP(=O)(O)O)C(CC)(OCC)C(=O)O. The summed E-state index contributed by atoms with van der Waals surface area (Å²) >= 11 is 0.575. The monoisotopic (exact) mass is 339 g/mol. The standard InChI is InChI=1S/C11H18NO7PS/c1-4-7-21-10(15)12(8-20(16,17)18)11(5-2,9(13)14)19-6-3/h1H,5-8H2,2-3H3,(H,13,14)(H2,16,17,18). The van der Waals surface area contributed by atoms with Crippen molar-refractivity contribution in [3.63, 3.8) is 0 Å². The average Bonchev–Trinajstić information content (AvgIpc) is 2.38. The molecule has 0 heterocycles. The lowest BCUT2D eigenvalue weighted by Crippen LogP contribution is -2.58. The number of thioether (sulfide) groups is 1. The van der Waals surface area contributed by atoms with Crippen molar-refractivity contribution in [2.24, 2.45) is 0 Å². The number of carboxylic acid groups (broad SMARTS) is 1. The molecule has 0 saturated carbocycles. The Morgan fingerprint density at radius 1 is 1.43 bits per heavy atom. The van der Waals surface area contributed by atoms with Crippen LogP contribution in [0.3, 0.4) is 0 Å². The van der Waals surface area contributed by atoms with Crippen molar-refractivity contribution in [2.45, 2.75) is 26.0 Å². The van der Waals surface area contributed by atoms with Gasteiger partial charge in [-0.05, 0) is 6.92 Å². The van der Waals surface area contributed by atoms with Crippen LogP contribution < -0.4 is 0 Å². The van der Waals surface area contributed by atoms with Crippen LogP contribution in [-0.2, 0) is 14.1 Å². The Morgan fingerprint density at radius 3 is 2.33 bits per heavy atom. The van der Waals surface area contributed by atoms with Crippen LogP contribution in [0.5, 0.6) is 0 Å². The van der Waals surface area contributed by atoms with Gasteiger partial charge in [0.1, 0.15) is 6.29 Å². The van der Waals surface area contributed by atoms with Crippen molar-refractivity contribution in [3.8, 4) is 12.3 Å². The highest BCUT2D eigenvalue weighted by Gasteiger charge is 2.48. The summed E-state index contributed by atoms with van der Waals surface area (Å²) in [6.45, 7) is 2.91. The summed E-state index contributed by atoms with van der Waals surface area (Å²) in [6, 6.07) is 0. The van der Waals surface area contributed by atoms with Crippen molar-refractivity contribution in [1.82, 2.24) is 4.90 Å². The van der Waals surface area contributed by atoms with Crippen LogP contribution in [0.15, 0.2) is 0 Å². The molecule has 0 fully saturated rings. The number of carbonyl (C=O) groups is 2. The van der Waals surface area contributed by atoms with Crippen molar-refractivity contribution in [2.75, 3.05) is 18.6 Å². The molecule has 0 radical (unpaired) electrons. The number of hydrogen-bond donors (Lipinski definition) is 3. The minimum absolute atomic E-state index is 0.0507. The van der Waals surface area contributed by atoms with Gasteiger partial charge in [-0.3, -0.25) is 14.3 Å². The van der Waals surface area contributed by atoms with Gasteiger partial charge in [0.05, 0.1) is 5.75 Å². The molecule has 1 amide bonds. The predicted octanol–water partition coefficient (Wildman–Crippen LogP) is 1.14. The van der Waals surface area contributed by atoms with Crippen LogP contribution >= 0.6 is 19.4 Å². The highest BCUT2D eigenvalue weighted by Crippen LogP contribution is 2.40. The van der Waals surface area contributed by atoms with E-state index in [1.54, 1.807) is 0 Å². The third kappa shape index (κ3) is 5.69. The third-order valence-corrected chi connectivity index (χ3v) is 3.89. The molecule has 1 atom stereocenters. The number of amides is 1. The topological polar surface area (TPSA) is 124 Å². The molecule has 0 aromatic carbocycles. The molecule has 21 heavy (non-hydrogen) atoms. The van der Waals surface area contributed by atoms with Crippen molar-refractivity contribution in [3.05, 3.63) is 0 Å². The Hall–Kier alpha value is -1.04. The molecule has 1 unspecified atom stereocenters. The molecule has 0 aliphatic heterocycles. The van der Waals surface area contributed by atoms with Crippen LogP contribution in [0.2, 0.25) is 0 Å². The summed E-state index contributed by atoms with van der Waals surface area (Å²) in [5.74, 6) is 0.622. The number of carbonyl (C=O) groups excluding carboxylic acids is 1. The first-order valence-electron chi connectivity index (χ1n) is 5.94. The number of terminal acetylenes is 1. The lowest BCUT2D eigenvalue weighted by atomic mass is 10.1. The highest BCUT2D eigenvalue weighted by molar-refractivity contribution is 8.13. The fraction of sp³-hybridized carbons (Fsp3) is 0.636. The van der Waals surface area contributed by atoms with Gasteiger partial charge in [-0.25, -0.2) is 4.79 Å². The van der Waals surface area contributed by atoms with Gasteiger partial charge in [0, 0.05) is 13.0 Å². The van der Waals surface area contributed by atoms with Gasteiger partial charge in [-0.2, -0.15) is 0 Å². The number of ether oxygens (including phenoxy) is 1. The van der Waals surface area contributed by atoms with Crippen molar-refractivity contribution in [1.29, 1.82) is 0 Å². The van der Waals surface area contributed by atoms with E-state index in [2.05, 4.69) is 5.92 Å². The van der Waals surface area contributed by atoms with E-state index in [4.69, 9.17) is 20.9 Å². The Balaban J connectivity index is 5.70. The van der Waals surface area contributed by atoms with E-state index < -0.39 is 30.8 Å². The maximum atomic E-state index is 12.1. The van der Waals surface area contributed by atoms with Crippen LogP contribution in [0.1, 0.15) is 20.3 Å². The molecule has 8 nitrogen and oxygen atoms in total. The zero-order chi connectivity index (χ0) is 16.7. The molecular formula is C11H18NO7PS. The van der Waals surface area contributed by atoms with E-state index in [1.807, 2.05) is 0 Å². The second-order valence-electron chi connectivity index (χ2n) is 3.87. The fourth-order valence-electron chi connectivity index (χ4n) is 1.62. The first-order valence-corrected chi connectivity index (χ1v) is 8.72. The van der Waals surface area contributed by atoms with E-state index >= 15 is 0 Å². The molecule has 0 aliphatic carbocycles. The second-order valence-corrected chi connectivity index (χ2v) is 6.41. The second kappa shape index (κ2) is 8.41. The first kappa shape index (κ1) is 20.0. The van der Waals surface area contributed by atoms with Crippen LogP contribution in [-0.4, -0.2) is 55.4 Å². The van der Waals surface area contributed by atoms with Gasteiger partial charge in [0.2, 0.25) is 5.72 Å². The van der Waals surface area contributed by atoms with Gasteiger partial charge in [-0.1, -0.05) is 24.6 Å². The number of aliphatic carboxylic acids is 1. The molecular weight excluding hydrogens is 321 g/mol. The van der Waals surface area contributed by atoms with E-state index in [9.17, 15) is 19.3 Å². The molecule has 10 heteroatoms. The third-order valence-electron chi connectivity index (χ3n) is 2.46. The zero-order valence-electron chi connectivity index (χ0n) is 11.7. The molecule has 0 spiro atoms. The molecule has 0 aliphatic rings. The van der Waals surface area contributed by atoms with Gasteiger partial charge in [0.25, 0.3) is 5.24 Å². The summed E-state index contributed by atoms with van der Waals surface area (Å²) < 4.78 is 16.4. The molecule has 0 aromatic heterocycles. The molecule has 3 N–H and O–H groups in total. The minimum atomic E-state index is -4.68. The lowest BCUT2D eigenvalue weighted by Gasteiger charge is -2.38. The maximum absolute atomic E-state index is 12.1. The van der Waals surface area contributed by atoms with Crippen LogP contribution in [0.25, 0.3) is 0 Å². The first-order chi connectivity index (χ1) is 9.64. The highest BCUT2D eigenvalue weighted by atomic mass is 32.2. The Kier molecular flexibility index (Phi) is 8.00. The summed E-state index contributed by atoms with van der Waals surface area (Å²) in [7, 11) is -4.68. The van der Waals surface area contributed by atoms with E-state index in [0.717, 1.165) is 0 Å². The van der Waals surface area contributed by atoms with Crippen LogP contribution in [0, 0.1) is 12.3 Å². The average molecular weight is 339 g/mol. The van der Waals surface area contributed by atoms with Crippen molar-refractivity contribution >= 4 is 30.6 Å². The molecule has 0 rings (SSSR count). The number of hydrogen-bond acceptors (Lipinski definition) is 5. The van der Waals surface area contributed by atoms with Crippen molar-refractivity contribution < 1.29 is 33.8 Å². The Morgan fingerprint density at radius 2 is 2.00 bits per heavy atom. The normalized spacial score (nSPS) is 14.0. The lowest BCUT2D eigenvalue weighted by molar-refractivity contribution is -0.187. The van der Waals surface area contributed by atoms with Gasteiger partial charge in [-0.15, -0.1) is 6.42 Å². The quantitative estimate of drug-likeness (QED) is 0.341. The number of rotatable bonds is 8. The smallest absolute Gasteiger partial charge is 0.357 e. The van der Waals surface area contributed by atoms with Gasteiger partial charge < -0.3 is 19.6 Å². The number of nitrogens with zero attached hydrogens (tertiary/aromatic N) is 1. The molecule has 0 saturated heterocycles. The minimum Gasteiger partial charge on any atom is -0.478 e. The number of carboxylic acids is 1. The van der Waals surface area contributed by atoms with E-state index in [1.165, 1.54) is 13.8 Å². The molecule has 0 aromatic rings. The Bertz CT molecular complexity index is 472. The summed E-state index contributed by atoms with van der Waals surface area (Å²) in [5.41, 5.74) is -2.14. The molecule has 120 valence electrons. The summed E-state index contributed by atoms with van der Waals surface area (Å²) in [5, 5.41) is 8.51. The largest absolute Gasteiger partial charge is 0.478 e. The van der Waals surface area contributed by atoms with Crippen LogP contribution in [0.4, 0.5) is 4.79 Å². The zero-order valence-corrected chi connectivity index (χ0v) is 13.4. The Labute approximate surface area is 127 Å². The van der Waals surface area contributed by atoms with E-state index in [-0.39, 0.29) is 18.8 Å². The molecule has 0 bridgehead atoms. The summed E-state index contributed by atoms with van der Waals surface area (Å²) in [6.07, 6.45) is 3.77. The van der Waals surface area contributed by atoms with E-state index in [0.29, 0.717) is 16.7 Å². The summed E-state index contributed by atoms with van der Waals surface area (Å²) in [4.78, 5) is 42.3. The maximum Gasteiger partial charge on any atom is 0.357 e. The predicted molar refractivity (Wildman–Crippen MR) is 77.7 cm³/mol.